The van der Waals surface area contributed by atoms with Crippen LogP contribution in [0.5, 0.6) is 0 Å². The van der Waals surface area contributed by atoms with Crippen LogP contribution >= 0.6 is 0 Å². The van der Waals surface area contributed by atoms with E-state index in [1.165, 1.54) is 0 Å². The summed E-state index contributed by atoms with van der Waals surface area (Å²) in [6, 6.07) is 0. The third kappa shape index (κ3) is 7.20. The first-order valence-electron chi connectivity index (χ1n) is 7.63. The van der Waals surface area contributed by atoms with E-state index in [-0.39, 0.29) is 0 Å². The average Bonchev–Trinajstić information content (AvgIpc) is 2.66. The number of halogens is 13. The molecule has 0 aliphatic heterocycles. The third-order valence-corrected chi connectivity index (χ3v) is 3.63. The highest BCUT2D eigenvalue weighted by Gasteiger charge is 2.50. The molecule has 0 radical (unpaired) electrons. The van der Waals surface area contributed by atoms with Crippen LogP contribution < -0.4 is 0 Å². The van der Waals surface area contributed by atoms with Crippen LogP contribution in [0.3, 0.4) is 0 Å². The van der Waals surface area contributed by atoms with E-state index in [2.05, 4.69) is 0 Å². The summed E-state index contributed by atoms with van der Waals surface area (Å²) >= 11 is 0. The minimum absolute atomic E-state index is 0.599. The highest BCUT2D eigenvalue weighted by atomic mass is 19.3. The third-order valence-electron chi connectivity index (χ3n) is 3.63. The molecule has 0 spiro atoms. The molecule has 27 heavy (non-hydrogen) atoms. The highest BCUT2D eigenvalue weighted by molar-refractivity contribution is 4.95. The van der Waals surface area contributed by atoms with E-state index in [4.69, 9.17) is 0 Å². The number of rotatable bonds is 13. The van der Waals surface area contributed by atoms with Crippen LogP contribution in [0.1, 0.15) is 12.8 Å². The van der Waals surface area contributed by atoms with Gasteiger partial charge in [0.2, 0.25) is 0 Å². The van der Waals surface area contributed by atoms with Crippen molar-refractivity contribution in [3.05, 3.63) is 0 Å². The predicted octanol–water partition coefficient (Wildman–Crippen LogP) is 5.38. The Kier molecular flexibility index (Phi) is 11.4. The fraction of sp³-hybridized carbons (Fsp3) is 1.00. The van der Waals surface area contributed by atoms with Crippen molar-refractivity contribution in [2.75, 3.05) is 6.67 Å². The first kappa shape index (κ1) is 26.1. The monoisotopic (exact) mass is 432 g/mol. The van der Waals surface area contributed by atoms with E-state index in [9.17, 15) is 57.1 Å². The molecule has 0 bridgehead atoms. The van der Waals surface area contributed by atoms with E-state index >= 15 is 0 Å². The van der Waals surface area contributed by atoms with Gasteiger partial charge in [0.1, 0.15) is 6.17 Å². The molecule has 164 valence electrons. The lowest BCUT2D eigenvalue weighted by Gasteiger charge is -2.27. The number of hydrogen-bond acceptors (Lipinski definition) is 0. The van der Waals surface area contributed by atoms with Gasteiger partial charge in [-0.25, -0.2) is 52.7 Å². The normalized spacial score (nSPS) is 23.8. The maximum absolute atomic E-state index is 13.4. The van der Waals surface area contributed by atoms with Crippen molar-refractivity contribution in [2.24, 2.45) is 0 Å². The zero-order valence-corrected chi connectivity index (χ0v) is 13.4. The summed E-state index contributed by atoms with van der Waals surface area (Å²) in [5.74, 6) is 0. The molecule has 10 atom stereocenters. The van der Waals surface area contributed by atoms with Crippen LogP contribution in [0.25, 0.3) is 0 Å². The van der Waals surface area contributed by atoms with Gasteiger partial charge in [-0.15, -0.1) is 0 Å². The Bertz CT molecular complexity index is 397. The van der Waals surface area contributed by atoms with Crippen LogP contribution in [0.4, 0.5) is 57.1 Å². The largest absolute Gasteiger partial charge is 0.272 e. The molecule has 0 aromatic carbocycles. The van der Waals surface area contributed by atoms with Gasteiger partial charge in [-0.1, -0.05) is 0 Å². The number of alkyl halides is 13. The van der Waals surface area contributed by atoms with Gasteiger partial charge in [0.25, 0.3) is 6.43 Å². The Labute approximate surface area is 146 Å². The van der Waals surface area contributed by atoms with Crippen molar-refractivity contribution in [3.8, 4) is 0 Å². The van der Waals surface area contributed by atoms with Crippen LogP contribution in [-0.2, 0) is 0 Å². The lowest BCUT2D eigenvalue weighted by Crippen LogP contribution is -2.49. The summed E-state index contributed by atoms with van der Waals surface area (Å²) < 4.78 is 168. The van der Waals surface area contributed by atoms with Gasteiger partial charge in [-0.2, -0.15) is 0 Å². The lowest BCUT2D eigenvalue weighted by molar-refractivity contribution is -0.0766. The van der Waals surface area contributed by atoms with Crippen LogP contribution in [0.15, 0.2) is 0 Å². The molecule has 0 amide bonds. The molecule has 0 saturated heterocycles. The van der Waals surface area contributed by atoms with E-state index in [0.29, 0.717) is 0 Å². The molecule has 0 aromatic rings. The topological polar surface area (TPSA) is 0 Å². The van der Waals surface area contributed by atoms with Crippen molar-refractivity contribution in [1.82, 2.24) is 0 Å². The van der Waals surface area contributed by atoms with Gasteiger partial charge in [0.15, 0.2) is 55.5 Å². The molecular formula is C14H17F13. The number of hydrogen-bond donors (Lipinski definition) is 0. The predicted molar refractivity (Wildman–Crippen MR) is 70.2 cm³/mol. The molecular weight excluding hydrogens is 415 g/mol. The van der Waals surface area contributed by atoms with Crippen molar-refractivity contribution < 1.29 is 57.1 Å². The Morgan fingerprint density at radius 2 is 0.704 bits per heavy atom. The van der Waals surface area contributed by atoms with E-state index < -0.39 is 87.7 Å². The molecule has 0 aromatic heterocycles. The van der Waals surface area contributed by atoms with Crippen LogP contribution in [0, 0.1) is 0 Å². The van der Waals surface area contributed by atoms with Gasteiger partial charge in [-0.05, 0) is 12.8 Å². The zero-order valence-electron chi connectivity index (χ0n) is 13.4. The van der Waals surface area contributed by atoms with E-state index in [1.807, 2.05) is 0 Å². The molecule has 13 heteroatoms. The van der Waals surface area contributed by atoms with Crippen molar-refractivity contribution in [3.63, 3.8) is 0 Å². The maximum atomic E-state index is 13.4. The molecule has 0 saturated carbocycles. The zero-order chi connectivity index (χ0) is 21.5. The minimum atomic E-state index is -4.13. The van der Waals surface area contributed by atoms with E-state index in [1.54, 1.807) is 0 Å². The molecule has 0 rings (SSSR count). The van der Waals surface area contributed by atoms with Crippen LogP contribution in [-0.4, -0.2) is 74.8 Å². The molecule has 0 aliphatic carbocycles. The molecule has 0 fully saturated rings. The second-order valence-electron chi connectivity index (χ2n) is 5.68. The van der Waals surface area contributed by atoms with Crippen molar-refractivity contribution in [1.29, 1.82) is 0 Å². The lowest BCUT2D eigenvalue weighted by atomic mass is 9.95. The maximum Gasteiger partial charge on any atom is 0.272 e. The Morgan fingerprint density at radius 3 is 1.00 bits per heavy atom. The van der Waals surface area contributed by atoms with Gasteiger partial charge in [0, 0.05) is 0 Å². The summed E-state index contributed by atoms with van der Waals surface area (Å²) in [7, 11) is 0. The summed E-state index contributed by atoms with van der Waals surface area (Å²) in [5.41, 5.74) is 0. The quantitative estimate of drug-likeness (QED) is 0.343. The Hall–Kier alpha value is -0.910. The van der Waals surface area contributed by atoms with Gasteiger partial charge < -0.3 is 0 Å². The summed E-state index contributed by atoms with van der Waals surface area (Å²) in [4.78, 5) is 0. The van der Waals surface area contributed by atoms with Crippen LogP contribution in [0.2, 0.25) is 0 Å². The first-order valence-corrected chi connectivity index (χ1v) is 7.63. The minimum Gasteiger partial charge on any atom is -0.251 e. The van der Waals surface area contributed by atoms with Gasteiger partial charge in [-0.3, -0.25) is 4.39 Å². The molecule has 0 N–H and O–H groups in total. The summed E-state index contributed by atoms with van der Waals surface area (Å²) in [6.07, 6.45) is -43.4. The van der Waals surface area contributed by atoms with Gasteiger partial charge in [0.05, 0.1) is 6.67 Å². The molecule has 0 aliphatic rings. The Balaban J connectivity index is 4.95. The summed E-state index contributed by atoms with van der Waals surface area (Å²) in [6.45, 7) is -1.14. The molecule has 10 unspecified atom stereocenters. The van der Waals surface area contributed by atoms with Gasteiger partial charge >= 0.3 is 0 Å². The molecule has 0 nitrogen and oxygen atoms in total. The second-order valence-corrected chi connectivity index (χ2v) is 5.68. The van der Waals surface area contributed by atoms with Crippen molar-refractivity contribution >= 4 is 0 Å². The average molecular weight is 432 g/mol. The first-order chi connectivity index (χ1) is 12.4. The highest BCUT2D eigenvalue weighted by Crippen LogP contribution is 2.30. The smallest absolute Gasteiger partial charge is 0.251 e. The summed E-state index contributed by atoms with van der Waals surface area (Å²) in [5, 5.41) is 0. The Morgan fingerprint density at radius 1 is 0.407 bits per heavy atom. The van der Waals surface area contributed by atoms with E-state index in [0.717, 1.165) is 0 Å². The fourth-order valence-electron chi connectivity index (χ4n) is 2.00. The fourth-order valence-corrected chi connectivity index (χ4v) is 2.00. The SMILES string of the molecule is FCCCC(F)C(F)C(F)C(F)C(F)C(F)C(F)C(F)C(F)C(F)C(F)F. The molecule has 0 heterocycles. The standard InChI is InChI=1S/C14H17F13/c15-3-1-2-4(16)5(17)6(18)7(19)8(20)9(21)10(22)11(23)12(24)13(25)14(26)27/h4-14H,1-3H2. The second kappa shape index (κ2) is 11.8. The van der Waals surface area contributed by atoms with Crippen molar-refractivity contribution in [2.45, 2.75) is 81.0 Å².